The number of hydrogen-bond donors (Lipinski definition) is 2. The smallest absolute Gasteiger partial charge is 0.263 e. The monoisotopic (exact) mass is 442 g/mol. The first-order valence-electron chi connectivity index (χ1n) is 9.46. The van der Waals surface area contributed by atoms with Gasteiger partial charge in [0.1, 0.15) is 9.71 Å². The molecule has 0 saturated carbocycles. The summed E-state index contributed by atoms with van der Waals surface area (Å²) in [7, 11) is 1.67. The Morgan fingerprint density at radius 3 is 2.57 bits per heavy atom. The fourth-order valence-electron chi connectivity index (χ4n) is 2.90. The summed E-state index contributed by atoms with van der Waals surface area (Å²) in [6.45, 7) is 6.38. The number of hydrogen-bond acceptors (Lipinski definition) is 7. The third-order valence-electron chi connectivity index (χ3n) is 4.20. The maximum Gasteiger partial charge on any atom is 0.263 e. The molecule has 0 aliphatic heterocycles. The quantitative estimate of drug-likeness (QED) is 0.419. The van der Waals surface area contributed by atoms with E-state index in [9.17, 15) is 4.79 Å². The van der Waals surface area contributed by atoms with E-state index in [1.54, 1.807) is 7.11 Å². The summed E-state index contributed by atoms with van der Waals surface area (Å²) in [4.78, 5) is 23.3. The molecule has 1 amide bonds. The molecule has 3 N–H and O–H groups in total. The number of thioether (sulfide) groups is 1. The second kappa shape index (κ2) is 9.16. The van der Waals surface area contributed by atoms with E-state index in [1.165, 1.54) is 23.1 Å². The maximum absolute atomic E-state index is 12.8. The molecular formula is C22H26N4O2S2. The van der Waals surface area contributed by atoms with Crippen LogP contribution < -0.4 is 11.1 Å². The van der Waals surface area contributed by atoms with Crippen LogP contribution in [0.15, 0.2) is 35.5 Å². The number of nitrogens with one attached hydrogen (secondary N) is 1. The fraction of sp³-hybridized carbons (Fsp3) is 0.318. The highest BCUT2D eigenvalue weighted by Gasteiger charge is 2.24. The van der Waals surface area contributed by atoms with Crippen molar-refractivity contribution in [3.8, 4) is 11.3 Å². The first-order chi connectivity index (χ1) is 14.2. The molecule has 2 heterocycles. The zero-order valence-electron chi connectivity index (χ0n) is 17.8. The molecule has 0 saturated heterocycles. The number of ether oxygens (including phenoxy) is 1. The van der Waals surface area contributed by atoms with Gasteiger partial charge in [0.2, 0.25) is 0 Å². The van der Waals surface area contributed by atoms with Crippen molar-refractivity contribution in [1.82, 2.24) is 15.3 Å². The van der Waals surface area contributed by atoms with Crippen LogP contribution in [-0.4, -0.2) is 41.4 Å². The Morgan fingerprint density at radius 2 is 1.97 bits per heavy atom. The molecule has 8 heteroatoms. The number of benzene rings is 1. The van der Waals surface area contributed by atoms with E-state index in [1.807, 2.05) is 63.4 Å². The Balaban J connectivity index is 2.09. The van der Waals surface area contributed by atoms with Crippen molar-refractivity contribution in [2.75, 3.05) is 25.7 Å². The first kappa shape index (κ1) is 22.3. The van der Waals surface area contributed by atoms with Crippen LogP contribution in [0.1, 0.15) is 36.0 Å². The summed E-state index contributed by atoms with van der Waals surface area (Å²) < 4.78 is 5.04. The number of fused-ring (bicyclic) bond motifs is 1. The Morgan fingerprint density at radius 1 is 1.27 bits per heavy atom. The molecule has 1 aromatic carbocycles. The zero-order valence-corrected chi connectivity index (χ0v) is 19.4. The average molecular weight is 443 g/mol. The van der Waals surface area contributed by atoms with E-state index in [0.717, 1.165) is 22.2 Å². The molecule has 3 aromatic rings. The molecule has 0 bridgehead atoms. The largest absolute Gasteiger partial charge is 0.397 e. The number of aromatic nitrogens is 2. The minimum atomic E-state index is -0.356. The van der Waals surface area contributed by atoms with E-state index in [0.29, 0.717) is 27.2 Å². The third kappa shape index (κ3) is 5.00. The lowest BCUT2D eigenvalue weighted by Crippen LogP contribution is -2.40. The predicted molar refractivity (Wildman–Crippen MR) is 127 cm³/mol. The van der Waals surface area contributed by atoms with Gasteiger partial charge in [-0.05, 0) is 32.6 Å². The van der Waals surface area contributed by atoms with Gasteiger partial charge in [-0.1, -0.05) is 48.2 Å². The van der Waals surface area contributed by atoms with Crippen LogP contribution in [0.4, 0.5) is 5.69 Å². The van der Waals surface area contributed by atoms with Crippen molar-refractivity contribution >= 4 is 51.0 Å². The molecule has 0 atom stereocenters. The van der Waals surface area contributed by atoms with Gasteiger partial charge in [0.15, 0.2) is 5.16 Å². The van der Waals surface area contributed by atoms with Crippen molar-refractivity contribution < 1.29 is 9.53 Å². The van der Waals surface area contributed by atoms with Crippen LogP contribution in [0.25, 0.3) is 27.6 Å². The number of amides is 1. The standard InChI is InChI=1S/C22H26N4O2S2/c1-22(2,3)26-19(27)18-16(23)15-17(24-21(29-5)25-20(15)30-18)14-10-8-13(9-11-14)7-6-12-28-4/h6-11H,12,23H2,1-5H3,(H,26,27)/b7-6+. The first-order valence-corrected chi connectivity index (χ1v) is 11.5. The molecule has 0 unspecified atom stereocenters. The van der Waals surface area contributed by atoms with Crippen LogP contribution in [0, 0.1) is 0 Å². The molecule has 158 valence electrons. The Kier molecular flexibility index (Phi) is 6.80. The highest BCUT2D eigenvalue weighted by Crippen LogP contribution is 2.39. The van der Waals surface area contributed by atoms with Gasteiger partial charge < -0.3 is 15.8 Å². The van der Waals surface area contributed by atoms with E-state index in [2.05, 4.69) is 10.3 Å². The predicted octanol–water partition coefficient (Wildman–Crippen LogP) is 4.85. The molecule has 0 fully saturated rings. The van der Waals surface area contributed by atoms with Gasteiger partial charge >= 0.3 is 0 Å². The summed E-state index contributed by atoms with van der Waals surface area (Å²) in [6.07, 6.45) is 5.89. The van der Waals surface area contributed by atoms with Gasteiger partial charge in [0, 0.05) is 18.2 Å². The van der Waals surface area contributed by atoms with Crippen molar-refractivity contribution in [3.63, 3.8) is 0 Å². The van der Waals surface area contributed by atoms with Crippen LogP contribution >= 0.6 is 23.1 Å². The minimum Gasteiger partial charge on any atom is -0.397 e. The lowest BCUT2D eigenvalue weighted by Gasteiger charge is -2.20. The van der Waals surface area contributed by atoms with E-state index in [4.69, 9.17) is 15.5 Å². The number of carbonyl (C=O) groups is 1. The van der Waals surface area contributed by atoms with Gasteiger partial charge in [-0.25, -0.2) is 9.97 Å². The molecule has 3 rings (SSSR count). The summed E-state index contributed by atoms with van der Waals surface area (Å²) in [6, 6.07) is 8.04. The number of carbonyl (C=O) groups excluding carboxylic acids is 1. The second-order valence-electron chi connectivity index (χ2n) is 7.77. The van der Waals surface area contributed by atoms with Crippen molar-refractivity contribution in [1.29, 1.82) is 0 Å². The summed E-state index contributed by atoms with van der Waals surface area (Å²) in [5.74, 6) is -0.196. The summed E-state index contributed by atoms with van der Waals surface area (Å²) in [5, 5.41) is 4.34. The van der Waals surface area contributed by atoms with Crippen molar-refractivity contribution in [3.05, 3.63) is 40.8 Å². The summed E-state index contributed by atoms with van der Waals surface area (Å²) in [5.41, 5.74) is 9.23. The SMILES string of the molecule is COC/C=C/c1ccc(-c2nc(SC)nc3sc(C(=O)NC(C)(C)C)c(N)c23)cc1. The van der Waals surface area contributed by atoms with Crippen molar-refractivity contribution in [2.45, 2.75) is 31.5 Å². The topological polar surface area (TPSA) is 90.1 Å². The lowest BCUT2D eigenvalue weighted by atomic mass is 10.1. The Labute approximate surface area is 184 Å². The fourth-order valence-corrected chi connectivity index (χ4v) is 4.31. The average Bonchev–Trinajstić information content (AvgIpc) is 3.03. The summed E-state index contributed by atoms with van der Waals surface area (Å²) >= 11 is 2.76. The highest BCUT2D eigenvalue weighted by molar-refractivity contribution is 7.98. The molecule has 2 aromatic heterocycles. The van der Waals surface area contributed by atoms with Crippen LogP contribution in [0.2, 0.25) is 0 Å². The highest BCUT2D eigenvalue weighted by atomic mass is 32.2. The number of nitrogen functional groups attached to an aromatic ring is 1. The molecular weight excluding hydrogens is 416 g/mol. The van der Waals surface area contributed by atoms with E-state index < -0.39 is 0 Å². The van der Waals surface area contributed by atoms with E-state index >= 15 is 0 Å². The van der Waals surface area contributed by atoms with Crippen LogP contribution in [0.5, 0.6) is 0 Å². The van der Waals surface area contributed by atoms with Gasteiger partial charge in [0.05, 0.1) is 23.4 Å². The molecule has 0 radical (unpaired) electrons. The van der Waals surface area contributed by atoms with E-state index in [-0.39, 0.29) is 11.4 Å². The van der Waals surface area contributed by atoms with Gasteiger partial charge in [-0.3, -0.25) is 4.79 Å². The number of methoxy groups -OCH3 is 1. The number of anilines is 1. The molecule has 0 spiro atoms. The van der Waals surface area contributed by atoms with Crippen LogP contribution in [0.3, 0.4) is 0 Å². The Bertz CT molecular complexity index is 1080. The third-order valence-corrected chi connectivity index (χ3v) is 5.85. The number of thiophene rings is 1. The van der Waals surface area contributed by atoms with Gasteiger partial charge in [-0.15, -0.1) is 11.3 Å². The lowest BCUT2D eigenvalue weighted by molar-refractivity contribution is 0.0924. The minimum absolute atomic E-state index is 0.196. The van der Waals surface area contributed by atoms with Gasteiger partial charge in [0.25, 0.3) is 5.91 Å². The molecule has 0 aliphatic rings. The molecule has 0 aliphatic carbocycles. The van der Waals surface area contributed by atoms with Gasteiger partial charge in [-0.2, -0.15) is 0 Å². The maximum atomic E-state index is 12.8. The zero-order chi connectivity index (χ0) is 21.9. The number of rotatable bonds is 6. The van der Waals surface area contributed by atoms with Crippen molar-refractivity contribution in [2.24, 2.45) is 0 Å². The Hall–Kier alpha value is -2.42. The number of nitrogens with zero attached hydrogens (tertiary/aromatic N) is 2. The number of nitrogens with two attached hydrogens (primary N) is 1. The second-order valence-corrected chi connectivity index (χ2v) is 9.54. The molecule has 30 heavy (non-hydrogen) atoms. The molecule has 6 nitrogen and oxygen atoms in total. The van der Waals surface area contributed by atoms with Crippen LogP contribution in [-0.2, 0) is 4.74 Å². The normalized spacial score (nSPS) is 12.0.